The molecule has 0 bridgehead atoms. The van der Waals surface area contributed by atoms with E-state index < -0.39 is 17.3 Å². The molecule has 2 amide bonds. The van der Waals surface area contributed by atoms with E-state index in [0.29, 0.717) is 38.0 Å². The Hall–Kier alpha value is -3.03. The minimum absolute atomic E-state index is 0.0509. The van der Waals surface area contributed by atoms with Gasteiger partial charge >= 0.3 is 12.3 Å². The molecule has 1 unspecified atom stereocenters. The van der Waals surface area contributed by atoms with E-state index in [1.165, 1.54) is 0 Å². The summed E-state index contributed by atoms with van der Waals surface area (Å²) in [6, 6.07) is 12.8. The highest BCUT2D eigenvalue weighted by molar-refractivity contribution is 5.94. The van der Waals surface area contributed by atoms with Crippen LogP contribution in [0.15, 0.2) is 48.5 Å². The van der Waals surface area contributed by atoms with Crippen molar-refractivity contribution in [1.82, 2.24) is 9.80 Å². The number of rotatable bonds is 3. The fourth-order valence-corrected chi connectivity index (χ4v) is 5.21. The summed E-state index contributed by atoms with van der Waals surface area (Å²) in [5, 5.41) is 0. The van der Waals surface area contributed by atoms with Crippen molar-refractivity contribution in [1.29, 1.82) is 0 Å². The maximum atomic E-state index is 13.1. The summed E-state index contributed by atoms with van der Waals surface area (Å²) >= 11 is 0. The Kier molecular flexibility index (Phi) is 7.85. The van der Waals surface area contributed by atoms with Gasteiger partial charge in [-0.3, -0.25) is 4.79 Å². The molecular formula is C29H35F3N2O3. The Morgan fingerprint density at radius 2 is 1.41 bits per heavy atom. The number of amides is 2. The van der Waals surface area contributed by atoms with Gasteiger partial charge in [-0.1, -0.05) is 24.3 Å². The Labute approximate surface area is 216 Å². The number of alkyl halides is 3. The minimum Gasteiger partial charge on any atom is -0.444 e. The van der Waals surface area contributed by atoms with E-state index >= 15 is 0 Å². The van der Waals surface area contributed by atoms with Gasteiger partial charge in [0, 0.05) is 25.2 Å². The Bertz CT molecular complexity index is 1080. The quantitative estimate of drug-likeness (QED) is 0.434. The Morgan fingerprint density at radius 1 is 0.811 bits per heavy atom. The number of carbonyl (C=O) groups is 2. The third kappa shape index (κ3) is 6.65. The number of benzene rings is 2. The molecule has 2 fully saturated rings. The number of halogens is 3. The molecule has 2 aliphatic rings. The molecule has 2 aliphatic heterocycles. The molecule has 0 radical (unpaired) electrons. The topological polar surface area (TPSA) is 49.9 Å². The molecule has 8 heteroatoms. The largest absolute Gasteiger partial charge is 0.444 e. The van der Waals surface area contributed by atoms with Gasteiger partial charge < -0.3 is 14.5 Å². The third-order valence-electron chi connectivity index (χ3n) is 7.16. The van der Waals surface area contributed by atoms with E-state index in [-0.39, 0.29) is 24.0 Å². The van der Waals surface area contributed by atoms with E-state index in [9.17, 15) is 22.8 Å². The molecule has 0 N–H and O–H groups in total. The first-order valence-electron chi connectivity index (χ1n) is 13.0. The average Bonchev–Trinajstić information content (AvgIpc) is 2.87. The van der Waals surface area contributed by atoms with Crippen LogP contribution in [-0.4, -0.2) is 47.0 Å². The van der Waals surface area contributed by atoms with Gasteiger partial charge in [0.15, 0.2) is 0 Å². The number of carbonyl (C=O) groups excluding carboxylic acids is 2. The molecular weight excluding hydrogens is 481 g/mol. The smallest absolute Gasteiger partial charge is 0.416 e. The number of piperidine rings is 2. The van der Waals surface area contributed by atoms with Crippen molar-refractivity contribution in [3.63, 3.8) is 0 Å². The maximum absolute atomic E-state index is 13.1. The molecule has 5 nitrogen and oxygen atoms in total. The van der Waals surface area contributed by atoms with Crippen molar-refractivity contribution in [3.8, 4) is 0 Å². The Morgan fingerprint density at radius 3 is 1.97 bits per heavy atom. The lowest BCUT2D eigenvalue weighted by atomic mass is 9.88. The number of nitrogens with zero attached hydrogens (tertiary/aromatic N) is 2. The Balaban J connectivity index is 1.36. The van der Waals surface area contributed by atoms with E-state index in [1.807, 2.05) is 49.9 Å². The van der Waals surface area contributed by atoms with Gasteiger partial charge in [0.05, 0.1) is 11.6 Å². The average molecular weight is 517 g/mol. The van der Waals surface area contributed by atoms with Gasteiger partial charge in [-0.15, -0.1) is 0 Å². The van der Waals surface area contributed by atoms with Gasteiger partial charge in [0.25, 0.3) is 5.91 Å². The minimum atomic E-state index is -4.34. The van der Waals surface area contributed by atoms with Crippen molar-refractivity contribution in [2.75, 3.05) is 19.6 Å². The molecule has 4 rings (SSSR count). The molecule has 37 heavy (non-hydrogen) atoms. The van der Waals surface area contributed by atoms with Crippen LogP contribution >= 0.6 is 0 Å². The van der Waals surface area contributed by atoms with Crippen molar-refractivity contribution >= 4 is 12.0 Å². The lowest BCUT2D eigenvalue weighted by molar-refractivity contribution is -0.137. The second-order valence-electron chi connectivity index (χ2n) is 11.0. The zero-order valence-corrected chi connectivity index (χ0v) is 21.7. The highest BCUT2D eigenvalue weighted by Gasteiger charge is 2.33. The summed E-state index contributed by atoms with van der Waals surface area (Å²) in [6.45, 7) is 7.33. The predicted molar refractivity (Wildman–Crippen MR) is 135 cm³/mol. The number of likely N-dealkylation sites (tertiary alicyclic amines) is 2. The lowest BCUT2D eigenvalue weighted by Gasteiger charge is -2.37. The molecule has 200 valence electrons. The van der Waals surface area contributed by atoms with E-state index in [0.717, 1.165) is 42.5 Å². The summed E-state index contributed by atoms with van der Waals surface area (Å²) in [5.41, 5.74) is 1.26. The van der Waals surface area contributed by atoms with Crippen LogP contribution in [0.25, 0.3) is 0 Å². The number of ether oxygens (including phenoxy) is 1. The molecule has 0 aliphatic carbocycles. The molecule has 1 atom stereocenters. The van der Waals surface area contributed by atoms with Gasteiger partial charge in [0.1, 0.15) is 5.60 Å². The second-order valence-corrected chi connectivity index (χ2v) is 11.0. The van der Waals surface area contributed by atoms with Crippen LogP contribution in [0.4, 0.5) is 18.0 Å². The van der Waals surface area contributed by atoms with Crippen molar-refractivity contribution in [2.45, 2.75) is 76.6 Å². The van der Waals surface area contributed by atoms with E-state index in [4.69, 9.17) is 4.74 Å². The fourth-order valence-electron chi connectivity index (χ4n) is 5.21. The summed E-state index contributed by atoms with van der Waals surface area (Å²) in [7, 11) is 0. The molecule has 0 aromatic heterocycles. The molecule has 2 saturated heterocycles. The van der Waals surface area contributed by atoms with Crippen molar-refractivity contribution in [2.24, 2.45) is 0 Å². The second kappa shape index (κ2) is 10.8. The summed E-state index contributed by atoms with van der Waals surface area (Å²) < 4.78 is 44.1. The van der Waals surface area contributed by atoms with Crippen LogP contribution in [0.3, 0.4) is 0 Å². The summed E-state index contributed by atoms with van der Waals surface area (Å²) in [6.07, 6.45) is -0.413. The first kappa shape index (κ1) is 27.0. The van der Waals surface area contributed by atoms with Crippen molar-refractivity contribution < 1.29 is 27.5 Å². The molecule has 2 aromatic rings. The zero-order chi connectivity index (χ0) is 26.8. The number of hydrogen-bond acceptors (Lipinski definition) is 3. The summed E-state index contributed by atoms with van der Waals surface area (Å²) in [4.78, 5) is 29.5. The highest BCUT2D eigenvalue weighted by Crippen LogP contribution is 2.34. The molecule has 2 heterocycles. The standard InChI is InChI=1S/C29H35F3N2O3/c1-28(2,3)37-27(36)34-17-5-4-6-25(34)22-7-9-23(10-8-22)26(35)33-18-15-21(16-19-33)20-11-13-24(14-12-20)29(30,31)32/h7-14,21,25H,4-6,15-19H2,1-3H3. The SMILES string of the molecule is CC(C)(C)OC(=O)N1CCCCC1c1ccc(C(=O)N2CCC(c3ccc(C(F)(F)F)cc3)CC2)cc1. The van der Waals surface area contributed by atoms with Crippen LogP contribution in [-0.2, 0) is 10.9 Å². The fraction of sp³-hybridized carbons (Fsp3) is 0.517. The van der Waals surface area contributed by atoms with Crippen LogP contribution < -0.4 is 0 Å². The van der Waals surface area contributed by atoms with Crippen LogP contribution in [0.2, 0.25) is 0 Å². The van der Waals surface area contributed by atoms with Crippen molar-refractivity contribution in [3.05, 3.63) is 70.8 Å². The number of hydrogen-bond donors (Lipinski definition) is 0. The molecule has 2 aromatic carbocycles. The molecule has 0 saturated carbocycles. The van der Waals surface area contributed by atoms with Gasteiger partial charge in [-0.25, -0.2) is 4.79 Å². The van der Waals surface area contributed by atoms with Crippen LogP contribution in [0.5, 0.6) is 0 Å². The first-order chi connectivity index (χ1) is 17.4. The monoisotopic (exact) mass is 516 g/mol. The summed E-state index contributed by atoms with van der Waals surface area (Å²) in [5.74, 6) is 0.0870. The maximum Gasteiger partial charge on any atom is 0.416 e. The van der Waals surface area contributed by atoms with E-state index in [1.54, 1.807) is 17.0 Å². The normalized spacial score (nSPS) is 19.6. The van der Waals surface area contributed by atoms with Gasteiger partial charge in [-0.2, -0.15) is 13.2 Å². The van der Waals surface area contributed by atoms with Gasteiger partial charge in [0.2, 0.25) is 0 Å². The lowest BCUT2D eigenvalue weighted by Crippen LogP contribution is -2.41. The third-order valence-corrected chi connectivity index (χ3v) is 7.16. The first-order valence-corrected chi connectivity index (χ1v) is 13.0. The van der Waals surface area contributed by atoms with Crippen LogP contribution in [0, 0.1) is 0 Å². The van der Waals surface area contributed by atoms with Gasteiger partial charge in [-0.05, 0) is 94.2 Å². The highest BCUT2D eigenvalue weighted by atomic mass is 19.4. The zero-order valence-electron chi connectivity index (χ0n) is 21.7. The van der Waals surface area contributed by atoms with E-state index in [2.05, 4.69) is 0 Å². The van der Waals surface area contributed by atoms with Crippen LogP contribution in [0.1, 0.15) is 91.9 Å². The predicted octanol–water partition coefficient (Wildman–Crippen LogP) is 7.19. The molecule has 0 spiro atoms.